The molecule has 3 aromatic rings. The molecule has 28 heavy (non-hydrogen) atoms. The molecular formula is C21H19F3N2O2. The van der Waals surface area contributed by atoms with E-state index in [1.807, 2.05) is 31.2 Å². The van der Waals surface area contributed by atoms with Crippen molar-refractivity contribution >= 4 is 16.8 Å². The highest BCUT2D eigenvalue weighted by Crippen LogP contribution is 2.37. The molecule has 1 N–H and O–H groups in total. The van der Waals surface area contributed by atoms with Gasteiger partial charge in [-0.1, -0.05) is 30.3 Å². The Balaban J connectivity index is 1.51. The molecule has 4 rings (SSSR count). The number of ether oxygens (including phenoxy) is 1. The number of amides is 1. The Bertz CT molecular complexity index is 1030. The summed E-state index contributed by atoms with van der Waals surface area (Å²) in [6, 6.07) is 12.7. The monoisotopic (exact) mass is 388 g/mol. The number of H-pyrrole nitrogens is 1. The molecule has 0 spiro atoms. The fraction of sp³-hybridized carbons (Fsp3) is 0.286. The third-order valence-corrected chi connectivity index (χ3v) is 5.20. The van der Waals surface area contributed by atoms with E-state index in [0.29, 0.717) is 13.0 Å². The Labute approximate surface area is 159 Å². The average Bonchev–Trinajstić information content (AvgIpc) is 3.06. The number of carbonyl (C=O) groups excluding carboxylic acids is 1. The van der Waals surface area contributed by atoms with Crippen LogP contribution in [0.3, 0.4) is 0 Å². The van der Waals surface area contributed by atoms with Crippen molar-refractivity contribution < 1.29 is 22.7 Å². The molecule has 2 heterocycles. The largest absolute Gasteiger partial charge is 0.483 e. The van der Waals surface area contributed by atoms with Crippen LogP contribution < -0.4 is 4.74 Å². The van der Waals surface area contributed by atoms with E-state index in [2.05, 4.69) is 4.98 Å². The molecule has 0 fully saturated rings. The first-order valence-corrected chi connectivity index (χ1v) is 9.04. The lowest BCUT2D eigenvalue weighted by molar-refractivity contribution is -0.141. The molecule has 1 aliphatic rings. The van der Waals surface area contributed by atoms with Crippen molar-refractivity contribution in [1.29, 1.82) is 0 Å². The van der Waals surface area contributed by atoms with Gasteiger partial charge in [0.1, 0.15) is 5.75 Å². The van der Waals surface area contributed by atoms with Crippen LogP contribution in [0.15, 0.2) is 48.5 Å². The van der Waals surface area contributed by atoms with E-state index in [4.69, 9.17) is 4.74 Å². The van der Waals surface area contributed by atoms with Crippen LogP contribution in [0.5, 0.6) is 5.75 Å². The van der Waals surface area contributed by atoms with Crippen molar-refractivity contribution in [3.8, 4) is 5.75 Å². The summed E-state index contributed by atoms with van der Waals surface area (Å²) < 4.78 is 44.5. The zero-order chi connectivity index (χ0) is 19.9. The Kier molecular flexibility index (Phi) is 4.53. The van der Waals surface area contributed by atoms with E-state index in [-0.39, 0.29) is 17.7 Å². The van der Waals surface area contributed by atoms with Gasteiger partial charge in [0.2, 0.25) is 0 Å². The van der Waals surface area contributed by atoms with Crippen LogP contribution in [-0.2, 0) is 17.4 Å². The minimum atomic E-state index is -4.53. The highest BCUT2D eigenvalue weighted by atomic mass is 19.4. The lowest BCUT2D eigenvalue weighted by Gasteiger charge is -2.33. The molecule has 1 aromatic heterocycles. The predicted octanol–water partition coefficient (Wildman–Crippen LogP) is 4.71. The minimum absolute atomic E-state index is 0.204. The fourth-order valence-corrected chi connectivity index (χ4v) is 3.82. The van der Waals surface area contributed by atoms with E-state index in [1.54, 1.807) is 4.90 Å². The summed E-state index contributed by atoms with van der Waals surface area (Å²) in [4.78, 5) is 17.7. The van der Waals surface area contributed by atoms with Crippen molar-refractivity contribution in [3.63, 3.8) is 0 Å². The number of nitrogens with one attached hydrogen (secondary N) is 1. The summed E-state index contributed by atoms with van der Waals surface area (Å²) in [5.74, 6) is -0.673. The standard InChI is InChI=1S/C21H19F3N2O2/c1-13-20-15(14-6-2-4-8-17(14)25-20)10-11-26(13)19(27)12-28-18-9-5-3-7-16(18)21(22,23)24/h2-9,13,25H,10-12H2,1H3/t13-/m1/s1. The number of para-hydroxylation sites is 2. The third-order valence-electron chi connectivity index (χ3n) is 5.20. The molecule has 0 unspecified atom stereocenters. The zero-order valence-electron chi connectivity index (χ0n) is 15.2. The fourth-order valence-electron chi connectivity index (χ4n) is 3.82. The second kappa shape index (κ2) is 6.89. The van der Waals surface area contributed by atoms with Gasteiger partial charge in [0.25, 0.3) is 5.91 Å². The van der Waals surface area contributed by atoms with Gasteiger partial charge >= 0.3 is 6.18 Å². The molecule has 1 atom stereocenters. The Hall–Kier alpha value is -2.96. The van der Waals surface area contributed by atoms with Crippen LogP contribution in [0.25, 0.3) is 10.9 Å². The summed E-state index contributed by atoms with van der Waals surface area (Å²) >= 11 is 0. The second-order valence-corrected chi connectivity index (χ2v) is 6.86. The Morgan fingerprint density at radius 3 is 2.68 bits per heavy atom. The van der Waals surface area contributed by atoms with Crippen LogP contribution in [0.4, 0.5) is 13.2 Å². The topological polar surface area (TPSA) is 45.3 Å². The molecular weight excluding hydrogens is 369 g/mol. The van der Waals surface area contributed by atoms with E-state index < -0.39 is 18.3 Å². The molecule has 146 valence electrons. The van der Waals surface area contributed by atoms with Crippen LogP contribution in [0.2, 0.25) is 0 Å². The van der Waals surface area contributed by atoms with Crippen LogP contribution in [-0.4, -0.2) is 28.9 Å². The lowest BCUT2D eigenvalue weighted by atomic mass is 9.98. The maximum atomic E-state index is 13.1. The molecule has 0 saturated carbocycles. The van der Waals surface area contributed by atoms with Gasteiger partial charge in [0.05, 0.1) is 11.6 Å². The SMILES string of the molecule is C[C@@H]1c2[nH]c3ccccc3c2CCN1C(=O)COc1ccccc1C(F)(F)F. The van der Waals surface area contributed by atoms with Gasteiger partial charge in [-0.15, -0.1) is 0 Å². The van der Waals surface area contributed by atoms with Gasteiger partial charge in [0.15, 0.2) is 6.61 Å². The van der Waals surface area contributed by atoms with Gasteiger partial charge < -0.3 is 14.6 Å². The number of hydrogen-bond acceptors (Lipinski definition) is 2. The summed E-state index contributed by atoms with van der Waals surface area (Å²) in [6.07, 6.45) is -3.84. The smallest absolute Gasteiger partial charge is 0.419 e. The van der Waals surface area contributed by atoms with Crippen molar-refractivity contribution in [3.05, 3.63) is 65.4 Å². The van der Waals surface area contributed by atoms with Crippen LogP contribution in [0, 0.1) is 0 Å². The average molecular weight is 388 g/mol. The number of hydrogen-bond donors (Lipinski definition) is 1. The van der Waals surface area contributed by atoms with Crippen molar-refractivity contribution in [2.45, 2.75) is 25.6 Å². The van der Waals surface area contributed by atoms with Crippen LogP contribution >= 0.6 is 0 Å². The minimum Gasteiger partial charge on any atom is -0.483 e. The summed E-state index contributed by atoms with van der Waals surface area (Å²) in [7, 11) is 0. The van der Waals surface area contributed by atoms with E-state index in [0.717, 1.165) is 22.7 Å². The number of benzene rings is 2. The van der Waals surface area contributed by atoms with E-state index in [1.165, 1.54) is 23.8 Å². The maximum Gasteiger partial charge on any atom is 0.419 e. The number of alkyl halides is 3. The molecule has 1 aliphatic heterocycles. The second-order valence-electron chi connectivity index (χ2n) is 6.86. The number of carbonyl (C=O) groups is 1. The molecule has 7 heteroatoms. The molecule has 0 aliphatic carbocycles. The quantitative estimate of drug-likeness (QED) is 0.706. The van der Waals surface area contributed by atoms with Gasteiger partial charge in [-0.2, -0.15) is 13.2 Å². The first kappa shape index (κ1) is 18.4. The van der Waals surface area contributed by atoms with E-state index in [9.17, 15) is 18.0 Å². The third kappa shape index (κ3) is 3.21. The van der Waals surface area contributed by atoms with Crippen molar-refractivity contribution in [2.24, 2.45) is 0 Å². The molecule has 2 aromatic carbocycles. The van der Waals surface area contributed by atoms with E-state index >= 15 is 0 Å². The number of aromatic amines is 1. The van der Waals surface area contributed by atoms with Gasteiger partial charge in [-0.05, 0) is 37.1 Å². The molecule has 0 radical (unpaired) electrons. The van der Waals surface area contributed by atoms with Gasteiger partial charge in [-0.25, -0.2) is 0 Å². The van der Waals surface area contributed by atoms with Crippen molar-refractivity contribution in [2.75, 3.05) is 13.2 Å². The lowest BCUT2D eigenvalue weighted by Crippen LogP contribution is -2.41. The van der Waals surface area contributed by atoms with Gasteiger partial charge in [-0.3, -0.25) is 4.79 Å². The molecule has 0 bridgehead atoms. The highest BCUT2D eigenvalue weighted by Gasteiger charge is 2.35. The number of nitrogens with zero attached hydrogens (tertiary/aromatic N) is 1. The molecule has 1 amide bonds. The summed E-state index contributed by atoms with van der Waals surface area (Å²) in [5, 5.41) is 1.15. The first-order valence-electron chi connectivity index (χ1n) is 9.04. The number of fused-ring (bicyclic) bond motifs is 3. The molecule has 4 nitrogen and oxygen atoms in total. The normalized spacial score (nSPS) is 16.9. The predicted molar refractivity (Wildman–Crippen MR) is 99.1 cm³/mol. The summed E-state index contributed by atoms with van der Waals surface area (Å²) in [6.45, 7) is 1.97. The molecule has 0 saturated heterocycles. The maximum absolute atomic E-state index is 13.1. The van der Waals surface area contributed by atoms with Crippen LogP contribution in [0.1, 0.15) is 29.8 Å². The first-order chi connectivity index (χ1) is 13.4. The number of rotatable bonds is 3. The Morgan fingerprint density at radius 2 is 1.89 bits per heavy atom. The highest BCUT2D eigenvalue weighted by molar-refractivity contribution is 5.86. The van der Waals surface area contributed by atoms with Crippen molar-refractivity contribution in [1.82, 2.24) is 9.88 Å². The van der Waals surface area contributed by atoms with Gasteiger partial charge in [0, 0.05) is 23.1 Å². The number of aromatic nitrogens is 1. The Morgan fingerprint density at radius 1 is 1.18 bits per heavy atom. The number of halogens is 3. The summed E-state index contributed by atoms with van der Waals surface area (Å²) in [5.41, 5.74) is 2.29. The zero-order valence-corrected chi connectivity index (χ0v) is 15.2.